The maximum atomic E-state index is 13.1. The fraction of sp³-hybridized carbons (Fsp3) is 0.242. The minimum atomic E-state index is -1.00. The molecule has 1 heterocycles. The van der Waals surface area contributed by atoms with Crippen LogP contribution in [0, 0.1) is 0 Å². The summed E-state index contributed by atoms with van der Waals surface area (Å²) in [5.41, 5.74) is 3.87. The molecule has 4 aromatic rings. The first-order valence-electron chi connectivity index (χ1n) is 13.4. The average Bonchev–Trinajstić information content (AvgIpc) is 3.41. The van der Waals surface area contributed by atoms with Gasteiger partial charge in [-0.15, -0.1) is 11.3 Å². The van der Waals surface area contributed by atoms with Gasteiger partial charge in [0.05, 0.1) is 6.54 Å². The largest absolute Gasteiger partial charge is 0.480 e. The molecule has 0 bridgehead atoms. The molecule has 7 nitrogen and oxygen atoms in total. The number of para-hydroxylation sites is 1. The summed E-state index contributed by atoms with van der Waals surface area (Å²) in [5.74, 6) is -1.46. The molecule has 3 N–H and O–H groups in total. The summed E-state index contributed by atoms with van der Waals surface area (Å²) in [6, 6.07) is 24.8. The molecular formula is C33H34N2O5S. The zero-order chi connectivity index (χ0) is 29.4. The smallest absolute Gasteiger partial charge is 0.326 e. The maximum Gasteiger partial charge on any atom is 0.326 e. The minimum Gasteiger partial charge on any atom is -0.480 e. The first-order chi connectivity index (χ1) is 19.6. The lowest BCUT2D eigenvalue weighted by atomic mass is 9.99. The number of thiophene rings is 1. The van der Waals surface area contributed by atoms with E-state index in [0.29, 0.717) is 23.4 Å². The van der Waals surface area contributed by atoms with Crippen LogP contribution >= 0.6 is 11.3 Å². The van der Waals surface area contributed by atoms with Gasteiger partial charge in [0.1, 0.15) is 11.6 Å². The summed E-state index contributed by atoms with van der Waals surface area (Å²) >= 11 is 1.60. The van der Waals surface area contributed by atoms with Crippen molar-refractivity contribution in [3.8, 4) is 11.1 Å². The number of carboxylic acid groups (broad SMARTS) is 1. The Kier molecular flexibility index (Phi) is 9.70. The highest BCUT2D eigenvalue weighted by atomic mass is 32.1. The lowest BCUT2D eigenvalue weighted by Crippen LogP contribution is -2.32. The van der Waals surface area contributed by atoms with E-state index in [1.54, 1.807) is 59.9 Å². The number of ether oxygens (including phenoxy) is 1. The number of nitrogens with one attached hydrogen (secondary N) is 2. The molecule has 4 rings (SSSR count). The Labute approximate surface area is 244 Å². The number of aliphatic carboxylic acids is 1. The molecule has 0 aliphatic rings. The zero-order valence-electron chi connectivity index (χ0n) is 23.3. The molecule has 3 aromatic carbocycles. The van der Waals surface area contributed by atoms with Crippen LogP contribution in [0.1, 0.15) is 47.1 Å². The Morgan fingerprint density at radius 3 is 2.27 bits per heavy atom. The second-order valence-corrected chi connectivity index (χ2v) is 11.7. The predicted octanol–water partition coefficient (Wildman–Crippen LogP) is 6.19. The van der Waals surface area contributed by atoms with Crippen molar-refractivity contribution in [3.05, 3.63) is 112 Å². The van der Waals surface area contributed by atoms with Crippen molar-refractivity contribution >= 4 is 34.7 Å². The number of benzene rings is 3. The fourth-order valence-corrected chi connectivity index (χ4v) is 5.16. The molecule has 0 radical (unpaired) electrons. The van der Waals surface area contributed by atoms with Crippen molar-refractivity contribution in [2.24, 2.45) is 0 Å². The van der Waals surface area contributed by atoms with Gasteiger partial charge in [0.25, 0.3) is 0 Å². The van der Waals surface area contributed by atoms with E-state index < -0.39 is 17.6 Å². The van der Waals surface area contributed by atoms with Crippen LogP contribution < -0.4 is 10.6 Å². The second-order valence-electron chi connectivity index (χ2n) is 10.7. The number of rotatable bonds is 12. The Morgan fingerprint density at radius 2 is 1.59 bits per heavy atom. The summed E-state index contributed by atoms with van der Waals surface area (Å²) in [6.45, 7) is 6.22. The van der Waals surface area contributed by atoms with E-state index in [1.165, 1.54) is 0 Å². The van der Waals surface area contributed by atoms with Crippen LogP contribution in [-0.4, -0.2) is 41.0 Å². The van der Waals surface area contributed by atoms with Crippen molar-refractivity contribution in [1.82, 2.24) is 5.32 Å². The molecule has 8 heteroatoms. The highest BCUT2D eigenvalue weighted by molar-refractivity contribution is 7.10. The van der Waals surface area contributed by atoms with Crippen molar-refractivity contribution in [2.75, 3.05) is 11.9 Å². The number of esters is 1. The van der Waals surface area contributed by atoms with Crippen LogP contribution in [0.3, 0.4) is 0 Å². The SMILES string of the molecule is CC(C)(C)OC(=O)CNCc1cc(-c2ccc(C[C@H](Nc3ccccc3C(=O)c3ccccc3)C(=O)O)cc2)cs1. The molecule has 0 saturated heterocycles. The zero-order valence-corrected chi connectivity index (χ0v) is 24.2. The number of carboxylic acids is 1. The number of hydrogen-bond acceptors (Lipinski definition) is 7. The highest BCUT2D eigenvalue weighted by Crippen LogP contribution is 2.27. The molecule has 1 aromatic heterocycles. The average molecular weight is 571 g/mol. The third-order valence-electron chi connectivity index (χ3n) is 6.20. The topological polar surface area (TPSA) is 105 Å². The van der Waals surface area contributed by atoms with Gasteiger partial charge in [-0.2, -0.15) is 0 Å². The molecular weight excluding hydrogens is 536 g/mol. The van der Waals surface area contributed by atoms with Crippen LogP contribution in [-0.2, 0) is 27.3 Å². The van der Waals surface area contributed by atoms with Gasteiger partial charge in [-0.05, 0) is 61.0 Å². The molecule has 0 unspecified atom stereocenters. The number of carbonyl (C=O) groups is 3. The van der Waals surface area contributed by atoms with Gasteiger partial charge in [-0.1, -0.05) is 66.7 Å². The van der Waals surface area contributed by atoms with Crippen molar-refractivity contribution in [1.29, 1.82) is 0 Å². The standard InChI is InChI=1S/C33H34N2O5S/c1-33(2,3)40-30(36)20-34-19-26-18-25(21-41-26)23-15-13-22(14-16-23)17-29(32(38)39)35-28-12-8-7-11-27(28)31(37)24-9-5-4-6-10-24/h4-16,18,21,29,34-35H,17,19-20H2,1-3H3,(H,38,39)/t29-/m0/s1. The van der Waals surface area contributed by atoms with E-state index in [0.717, 1.165) is 21.6 Å². The molecule has 0 fully saturated rings. The Morgan fingerprint density at radius 1 is 0.902 bits per heavy atom. The van der Waals surface area contributed by atoms with Crippen LogP contribution in [0.4, 0.5) is 5.69 Å². The Hall–Kier alpha value is -4.27. The highest BCUT2D eigenvalue weighted by Gasteiger charge is 2.21. The molecule has 212 valence electrons. The number of ketones is 1. The van der Waals surface area contributed by atoms with E-state index in [9.17, 15) is 19.5 Å². The van der Waals surface area contributed by atoms with E-state index in [2.05, 4.69) is 22.1 Å². The monoisotopic (exact) mass is 570 g/mol. The van der Waals surface area contributed by atoms with Gasteiger partial charge in [-0.25, -0.2) is 4.79 Å². The number of hydrogen-bond donors (Lipinski definition) is 3. The van der Waals surface area contributed by atoms with Gasteiger partial charge in [0.15, 0.2) is 5.78 Å². The van der Waals surface area contributed by atoms with E-state index in [-0.39, 0.29) is 24.7 Å². The summed E-state index contributed by atoms with van der Waals surface area (Å²) in [4.78, 5) is 38.2. The van der Waals surface area contributed by atoms with Crippen molar-refractivity contribution in [2.45, 2.75) is 45.4 Å². The lowest BCUT2D eigenvalue weighted by molar-refractivity contribution is -0.153. The quantitative estimate of drug-likeness (QED) is 0.138. The van der Waals surface area contributed by atoms with Crippen molar-refractivity contribution < 1.29 is 24.2 Å². The van der Waals surface area contributed by atoms with E-state index >= 15 is 0 Å². The van der Waals surface area contributed by atoms with Crippen molar-refractivity contribution in [3.63, 3.8) is 0 Å². The number of anilines is 1. The summed E-state index contributed by atoms with van der Waals surface area (Å²) in [7, 11) is 0. The van der Waals surface area contributed by atoms with Gasteiger partial charge in [-0.3, -0.25) is 9.59 Å². The molecule has 0 spiro atoms. The van der Waals surface area contributed by atoms with Crippen LogP contribution in [0.5, 0.6) is 0 Å². The first-order valence-corrected chi connectivity index (χ1v) is 14.2. The summed E-state index contributed by atoms with van der Waals surface area (Å²) in [5, 5.41) is 18.2. The van der Waals surface area contributed by atoms with Crippen LogP contribution in [0.2, 0.25) is 0 Å². The molecule has 0 aliphatic heterocycles. The van der Waals surface area contributed by atoms with E-state index in [1.807, 2.05) is 51.1 Å². The van der Waals surface area contributed by atoms with E-state index in [4.69, 9.17) is 4.74 Å². The van der Waals surface area contributed by atoms with Gasteiger partial charge in [0.2, 0.25) is 0 Å². The lowest BCUT2D eigenvalue weighted by Gasteiger charge is -2.19. The third-order valence-corrected chi connectivity index (χ3v) is 7.14. The van der Waals surface area contributed by atoms with Gasteiger partial charge < -0.3 is 20.5 Å². The molecule has 0 saturated carbocycles. The molecule has 1 atom stereocenters. The Balaban J connectivity index is 1.38. The van der Waals surface area contributed by atoms with Gasteiger partial charge in [0, 0.05) is 34.7 Å². The molecule has 0 amide bonds. The molecule has 41 heavy (non-hydrogen) atoms. The third kappa shape index (κ3) is 8.61. The maximum absolute atomic E-state index is 13.1. The van der Waals surface area contributed by atoms with Crippen LogP contribution in [0.15, 0.2) is 90.3 Å². The fourth-order valence-electron chi connectivity index (χ4n) is 4.30. The van der Waals surface area contributed by atoms with Crippen LogP contribution in [0.25, 0.3) is 11.1 Å². The predicted molar refractivity (Wildman–Crippen MR) is 162 cm³/mol. The summed E-state index contributed by atoms with van der Waals surface area (Å²) < 4.78 is 5.32. The molecule has 0 aliphatic carbocycles. The minimum absolute atomic E-state index is 0.142. The second kappa shape index (κ2) is 13.4. The first kappa shape index (κ1) is 29.7. The summed E-state index contributed by atoms with van der Waals surface area (Å²) in [6.07, 6.45) is 0.243. The normalized spacial score (nSPS) is 12.0. The Bertz CT molecular complexity index is 1490. The van der Waals surface area contributed by atoms with Gasteiger partial charge >= 0.3 is 11.9 Å². The number of carbonyl (C=O) groups excluding carboxylic acids is 2.